The molecule has 0 N–H and O–H groups in total. The lowest BCUT2D eigenvalue weighted by Crippen LogP contribution is -2.53. The number of nitrogens with zero attached hydrogens (tertiary/aromatic N) is 2. The van der Waals surface area contributed by atoms with Crippen LogP contribution in [0.1, 0.15) is 83.1 Å². The molecule has 358 valence electrons. The van der Waals surface area contributed by atoms with Gasteiger partial charge in [0.05, 0.1) is 116 Å². The lowest BCUT2D eigenvalue weighted by molar-refractivity contribution is -0.940. The number of carbonyl (C=O) groups is 2. The first-order chi connectivity index (χ1) is 31.8. The molecule has 66 heavy (non-hydrogen) atoms. The van der Waals surface area contributed by atoms with E-state index in [4.69, 9.17) is 42.6 Å². The third-order valence-electron chi connectivity index (χ3n) is 14.0. The molecule has 2 aliphatic rings. The number of benzene rings is 4. The highest BCUT2D eigenvalue weighted by Gasteiger charge is 2.42. The van der Waals surface area contributed by atoms with Crippen molar-refractivity contribution in [1.82, 2.24) is 0 Å². The third kappa shape index (κ3) is 11.6. The Morgan fingerprint density at radius 3 is 1.33 bits per heavy atom. The number of methoxy groups -OCH3 is 7. The second-order valence-corrected chi connectivity index (χ2v) is 18.1. The maximum Gasteiger partial charge on any atom is 0.311 e. The van der Waals surface area contributed by atoms with Crippen LogP contribution in [0.3, 0.4) is 0 Å². The number of hydrogen-bond acceptors (Lipinski definition) is 11. The Kier molecular flexibility index (Phi) is 17.1. The van der Waals surface area contributed by atoms with Crippen molar-refractivity contribution in [3.8, 4) is 40.2 Å². The highest BCUT2D eigenvalue weighted by molar-refractivity contribution is 5.69. The van der Waals surface area contributed by atoms with E-state index in [-0.39, 0.29) is 24.0 Å². The monoisotopic (exact) mass is 913 g/mol. The van der Waals surface area contributed by atoms with Gasteiger partial charge in [-0.05, 0) is 103 Å². The van der Waals surface area contributed by atoms with Crippen molar-refractivity contribution in [3.63, 3.8) is 0 Å². The van der Waals surface area contributed by atoms with Crippen molar-refractivity contribution in [3.05, 3.63) is 99.6 Å². The molecule has 0 aromatic heterocycles. The Bertz CT molecular complexity index is 2300. The first kappa shape index (κ1) is 49.8. The van der Waals surface area contributed by atoms with Gasteiger partial charge in [-0.1, -0.05) is 12.1 Å². The Labute approximate surface area is 391 Å². The summed E-state index contributed by atoms with van der Waals surface area (Å²) < 4.78 is 52.2. The standard InChI is InChI=1S/C53H72N2O11/c1-36-28-41-39(33-47(36)60-6)18-22-54(2,43(41)29-37-14-16-45(58-4)48(31-37)61-7)24-20-52(56)65-26-12-11-13-27-66-53(57)21-25-55(3)23-19-40-34-50(63-9)51(64-10)35-42(40)44(55)30-38-15-17-46(59-5)49(32-38)62-8/h14-17,28,31-35,43-44H,11-13,18-27,29-30H2,1-10H3/q+2/t43-,44-,54-,55-/m1/s1. The zero-order valence-electron chi connectivity index (χ0n) is 40.9. The fourth-order valence-corrected chi connectivity index (χ4v) is 9.95. The van der Waals surface area contributed by atoms with Gasteiger partial charge in [-0.3, -0.25) is 9.59 Å². The minimum atomic E-state index is -0.209. The Morgan fingerprint density at radius 1 is 0.500 bits per heavy atom. The molecule has 0 bridgehead atoms. The second-order valence-electron chi connectivity index (χ2n) is 18.1. The van der Waals surface area contributed by atoms with Gasteiger partial charge < -0.3 is 51.6 Å². The molecular formula is C53H72N2O11+2. The predicted octanol–water partition coefficient (Wildman–Crippen LogP) is 8.37. The van der Waals surface area contributed by atoms with Crippen LogP contribution in [0.2, 0.25) is 0 Å². The summed E-state index contributed by atoms with van der Waals surface area (Å²) in [5.41, 5.74) is 8.32. The van der Waals surface area contributed by atoms with Gasteiger partial charge in [0, 0.05) is 36.8 Å². The maximum atomic E-state index is 13.2. The van der Waals surface area contributed by atoms with Crippen molar-refractivity contribution in [2.75, 3.05) is 103 Å². The second kappa shape index (κ2) is 22.7. The van der Waals surface area contributed by atoms with E-state index in [0.717, 1.165) is 67.6 Å². The molecule has 0 unspecified atom stereocenters. The molecule has 0 aliphatic carbocycles. The lowest BCUT2D eigenvalue weighted by atomic mass is 9.85. The SMILES string of the molecule is COc1cc2c(cc1C)[C@@H](Cc1ccc(OC)c(OC)c1)[N@@+](C)(CCC(=O)OCCCCCOC(=O)CC[N@@+]1(C)CCc3cc(OC)c(OC)cc3[C@H]1Cc1ccc(OC)c(OC)c1)CC2. The van der Waals surface area contributed by atoms with Crippen molar-refractivity contribution in [2.24, 2.45) is 0 Å². The van der Waals surface area contributed by atoms with E-state index in [9.17, 15) is 9.59 Å². The molecular weight excluding hydrogens is 841 g/mol. The van der Waals surface area contributed by atoms with Crippen LogP contribution in [0.5, 0.6) is 40.2 Å². The Balaban J connectivity index is 0.980. The molecule has 0 spiro atoms. The summed E-state index contributed by atoms with van der Waals surface area (Å²) in [6.45, 7) is 5.77. The van der Waals surface area contributed by atoms with Gasteiger partial charge in [-0.2, -0.15) is 0 Å². The smallest absolute Gasteiger partial charge is 0.311 e. The number of aryl methyl sites for hydroxylation is 1. The van der Waals surface area contributed by atoms with E-state index >= 15 is 0 Å². The molecule has 4 atom stereocenters. The number of unbranched alkanes of at least 4 members (excludes halogenated alkanes) is 2. The summed E-state index contributed by atoms with van der Waals surface area (Å²) in [5, 5.41) is 0. The number of carbonyl (C=O) groups excluding carboxylic acids is 2. The number of quaternary nitrogens is 2. The van der Waals surface area contributed by atoms with Gasteiger partial charge in [0.25, 0.3) is 0 Å². The first-order valence-corrected chi connectivity index (χ1v) is 23.2. The van der Waals surface area contributed by atoms with Crippen molar-refractivity contribution in [1.29, 1.82) is 0 Å². The molecule has 13 nitrogen and oxygen atoms in total. The normalized spacial score (nSPS) is 19.7. The number of rotatable bonds is 23. The van der Waals surface area contributed by atoms with Crippen LogP contribution in [-0.2, 0) is 44.7 Å². The van der Waals surface area contributed by atoms with Crippen LogP contribution in [0.4, 0.5) is 0 Å². The van der Waals surface area contributed by atoms with E-state index in [2.05, 4.69) is 57.4 Å². The quantitative estimate of drug-likeness (QED) is 0.0406. The van der Waals surface area contributed by atoms with Crippen molar-refractivity contribution >= 4 is 11.9 Å². The molecule has 0 saturated carbocycles. The van der Waals surface area contributed by atoms with Crippen molar-refractivity contribution in [2.45, 2.75) is 76.8 Å². The van der Waals surface area contributed by atoms with E-state index in [1.54, 1.807) is 49.8 Å². The molecule has 2 aliphatic heterocycles. The number of fused-ring (bicyclic) bond motifs is 2. The average Bonchev–Trinajstić information content (AvgIpc) is 3.33. The zero-order valence-corrected chi connectivity index (χ0v) is 40.9. The summed E-state index contributed by atoms with van der Waals surface area (Å²) in [4.78, 5) is 26.4. The van der Waals surface area contributed by atoms with Gasteiger partial charge in [0.2, 0.25) is 0 Å². The van der Waals surface area contributed by atoms with Crippen LogP contribution in [-0.4, -0.2) is 124 Å². The van der Waals surface area contributed by atoms with Crippen LogP contribution >= 0.6 is 0 Å². The molecule has 0 amide bonds. The van der Waals surface area contributed by atoms with E-state index in [0.29, 0.717) is 95.4 Å². The topological polar surface area (TPSA) is 117 Å². The van der Waals surface area contributed by atoms with Gasteiger partial charge in [0.15, 0.2) is 34.5 Å². The van der Waals surface area contributed by atoms with Gasteiger partial charge in [-0.15, -0.1) is 0 Å². The van der Waals surface area contributed by atoms with Crippen LogP contribution in [0, 0.1) is 6.92 Å². The largest absolute Gasteiger partial charge is 0.496 e. The molecule has 2 heterocycles. The molecule has 4 aromatic carbocycles. The van der Waals surface area contributed by atoms with Gasteiger partial charge in [0.1, 0.15) is 17.8 Å². The van der Waals surface area contributed by atoms with E-state index in [1.165, 1.54) is 22.3 Å². The van der Waals surface area contributed by atoms with E-state index < -0.39 is 0 Å². The molecule has 13 heteroatoms. The van der Waals surface area contributed by atoms with Crippen LogP contribution < -0.4 is 33.2 Å². The van der Waals surface area contributed by atoms with Crippen molar-refractivity contribution < 1.29 is 61.2 Å². The average molecular weight is 913 g/mol. The Hall–Kier alpha value is -5.66. The van der Waals surface area contributed by atoms with E-state index in [1.807, 2.05) is 24.3 Å². The third-order valence-corrected chi connectivity index (χ3v) is 14.0. The fraction of sp³-hybridized carbons (Fsp3) is 0.509. The summed E-state index contributed by atoms with van der Waals surface area (Å²) in [7, 11) is 16.1. The lowest BCUT2D eigenvalue weighted by Gasteiger charge is -2.46. The first-order valence-electron chi connectivity index (χ1n) is 23.2. The highest BCUT2D eigenvalue weighted by Crippen LogP contribution is 2.44. The predicted molar refractivity (Wildman–Crippen MR) is 254 cm³/mol. The van der Waals surface area contributed by atoms with Gasteiger partial charge in [-0.25, -0.2) is 0 Å². The molecule has 0 fully saturated rings. The zero-order chi connectivity index (χ0) is 47.4. The fourth-order valence-electron chi connectivity index (χ4n) is 9.95. The van der Waals surface area contributed by atoms with Crippen LogP contribution in [0.25, 0.3) is 0 Å². The number of likely N-dealkylation sites (N-methyl/N-ethyl adjacent to an activating group) is 2. The van der Waals surface area contributed by atoms with Gasteiger partial charge >= 0.3 is 11.9 Å². The Morgan fingerprint density at radius 2 is 0.894 bits per heavy atom. The molecule has 0 radical (unpaired) electrons. The highest BCUT2D eigenvalue weighted by atomic mass is 16.5. The molecule has 0 saturated heterocycles. The number of ether oxygens (including phenoxy) is 9. The summed E-state index contributed by atoms with van der Waals surface area (Å²) in [5.74, 6) is 4.64. The summed E-state index contributed by atoms with van der Waals surface area (Å²) in [6, 6.07) is 20.9. The molecule has 6 rings (SSSR count). The minimum Gasteiger partial charge on any atom is -0.496 e. The summed E-state index contributed by atoms with van der Waals surface area (Å²) in [6.07, 6.45) is 6.03. The molecule has 4 aromatic rings. The minimum absolute atomic E-state index is 0.0441. The number of hydrogen-bond donors (Lipinski definition) is 0. The number of esters is 2. The maximum absolute atomic E-state index is 13.2. The summed E-state index contributed by atoms with van der Waals surface area (Å²) >= 11 is 0. The van der Waals surface area contributed by atoms with Crippen LogP contribution in [0.15, 0.2) is 60.7 Å².